The van der Waals surface area contributed by atoms with Gasteiger partial charge in [-0.1, -0.05) is 0 Å². The normalized spacial score (nSPS) is 15.8. The van der Waals surface area contributed by atoms with Gasteiger partial charge in [-0.15, -0.1) is 0 Å². The number of carbonyl (C=O) groups is 2. The Morgan fingerprint density at radius 1 is 1.05 bits per heavy atom. The van der Waals surface area contributed by atoms with Gasteiger partial charge in [0, 0.05) is 12.3 Å². The van der Waals surface area contributed by atoms with E-state index in [0.29, 0.717) is 0 Å². The lowest BCUT2D eigenvalue weighted by atomic mass is 9.98. The van der Waals surface area contributed by atoms with Crippen molar-refractivity contribution in [2.24, 2.45) is 11.7 Å². The van der Waals surface area contributed by atoms with E-state index in [9.17, 15) is 26.4 Å². The second kappa shape index (κ2) is 6.52. The van der Waals surface area contributed by atoms with Crippen molar-refractivity contribution >= 4 is 31.8 Å². The van der Waals surface area contributed by atoms with Crippen LogP contribution in [0.25, 0.3) is 0 Å². The predicted octanol–water partition coefficient (Wildman–Crippen LogP) is -1.75. The lowest BCUT2D eigenvalue weighted by Crippen LogP contribution is -2.39. The van der Waals surface area contributed by atoms with Gasteiger partial charge >= 0.3 is 0 Å². The fraction of sp³-hybridized carbons (Fsp3) is 0.750. The van der Waals surface area contributed by atoms with Gasteiger partial charge in [-0.3, -0.25) is 18.7 Å². The molecular weight excluding hydrogens is 302 g/mol. The molecule has 0 aliphatic rings. The van der Waals surface area contributed by atoms with Crippen molar-refractivity contribution in [1.82, 2.24) is 0 Å². The summed E-state index contributed by atoms with van der Waals surface area (Å²) in [5.74, 6) is -4.85. The van der Waals surface area contributed by atoms with Crippen LogP contribution in [0.5, 0.6) is 0 Å². The van der Waals surface area contributed by atoms with Crippen LogP contribution in [0.1, 0.15) is 13.3 Å². The maximum Gasteiger partial charge on any atom is 0.266 e. The van der Waals surface area contributed by atoms with Crippen LogP contribution >= 0.6 is 0 Å². The highest BCUT2D eigenvalue weighted by molar-refractivity contribution is 7.86. The van der Waals surface area contributed by atoms with Crippen LogP contribution in [0.15, 0.2) is 0 Å². The molecule has 112 valence electrons. The summed E-state index contributed by atoms with van der Waals surface area (Å²) in [5.41, 5.74) is 5.20. The van der Waals surface area contributed by atoms with Crippen LogP contribution in [-0.2, 0) is 29.8 Å². The maximum absolute atomic E-state index is 11.5. The first-order valence-corrected chi connectivity index (χ1v) is 8.22. The summed E-state index contributed by atoms with van der Waals surface area (Å²) in [6.45, 7) is 1.03. The Morgan fingerprint density at radius 3 is 1.79 bits per heavy atom. The van der Waals surface area contributed by atoms with Crippen LogP contribution in [0.2, 0.25) is 0 Å². The third-order valence-electron chi connectivity index (χ3n) is 2.24. The molecule has 0 radical (unpaired) electrons. The minimum Gasteiger partial charge on any atom is -0.321 e. The van der Waals surface area contributed by atoms with Crippen molar-refractivity contribution in [1.29, 1.82) is 0 Å². The van der Waals surface area contributed by atoms with Gasteiger partial charge in [-0.05, 0) is 6.92 Å². The Hall–Kier alpha value is -0.880. The van der Waals surface area contributed by atoms with Crippen molar-refractivity contribution in [2.75, 3.05) is 11.5 Å². The smallest absolute Gasteiger partial charge is 0.266 e. The fourth-order valence-corrected chi connectivity index (χ4v) is 2.79. The third kappa shape index (κ3) is 8.77. The quantitative estimate of drug-likeness (QED) is 0.439. The number of hydrogen-bond donors (Lipinski definition) is 3. The lowest BCUT2D eigenvalue weighted by molar-refractivity contribution is -0.126. The summed E-state index contributed by atoms with van der Waals surface area (Å²) < 4.78 is 59.5. The Morgan fingerprint density at radius 2 is 1.47 bits per heavy atom. The van der Waals surface area contributed by atoms with Gasteiger partial charge in [0.2, 0.25) is 0 Å². The SMILES string of the molecule is CC(=O)[C@@H](CC(=O)[C@@H](N)CS(=O)(=O)O)CS(=O)(=O)O. The van der Waals surface area contributed by atoms with Gasteiger partial charge in [0.1, 0.15) is 5.78 Å². The minimum absolute atomic E-state index is 0.633. The number of hydrogen-bond acceptors (Lipinski definition) is 7. The standard InChI is InChI=1S/C8H15NO8S2/c1-5(10)6(3-18(12,13)14)2-8(11)7(9)4-19(15,16)17/h6-7H,2-4,9H2,1H3,(H,12,13,14)(H,15,16,17)/t6-,7-/m0/s1. The molecule has 0 aromatic heterocycles. The molecule has 0 bridgehead atoms. The van der Waals surface area contributed by atoms with E-state index < -0.39 is 61.7 Å². The molecule has 0 spiro atoms. The van der Waals surface area contributed by atoms with Gasteiger partial charge in [0.05, 0.1) is 17.5 Å². The van der Waals surface area contributed by atoms with Crippen LogP contribution in [0.3, 0.4) is 0 Å². The summed E-state index contributed by atoms with van der Waals surface area (Å²) in [7, 11) is -8.91. The van der Waals surface area contributed by atoms with Gasteiger partial charge in [0.15, 0.2) is 5.78 Å². The summed E-state index contributed by atoms with van der Waals surface area (Å²) in [6, 6.07) is -1.57. The van der Waals surface area contributed by atoms with E-state index in [4.69, 9.17) is 14.8 Å². The highest BCUT2D eigenvalue weighted by atomic mass is 32.2. The van der Waals surface area contributed by atoms with Crippen LogP contribution in [-0.4, -0.2) is 55.1 Å². The molecule has 0 saturated heterocycles. The highest BCUT2D eigenvalue weighted by Gasteiger charge is 2.28. The molecule has 0 aliphatic heterocycles. The van der Waals surface area contributed by atoms with Gasteiger partial charge < -0.3 is 5.73 Å². The lowest BCUT2D eigenvalue weighted by Gasteiger charge is -2.14. The third-order valence-corrected chi connectivity index (χ3v) is 3.84. The number of nitrogens with two attached hydrogens (primary N) is 1. The monoisotopic (exact) mass is 317 g/mol. The van der Waals surface area contributed by atoms with Crippen molar-refractivity contribution in [3.63, 3.8) is 0 Å². The molecule has 0 fully saturated rings. The summed E-state index contributed by atoms with van der Waals surface area (Å²) in [4.78, 5) is 22.6. The second-order valence-corrected chi connectivity index (χ2v) is 7.08. The van der Waals surface area contributed by atoms with Crippen LogP contribution in [0, 0.1) is 5.92 Å². The second-order valence-electron chi connectivity index (χ2n) is 4.08. The molecule has 19 heavy (non-hydrogen) atoms. The number of ketones is 2. The van der Waals surface area contributed by atoms with Crippen LogP contribution in [0.4, 0.5) is 0 Å². The summed E-state index contributed by atoms with van der Waals surface area (Å²) in [5, 5.41) is 0. The molecule has 0 aromatic carbocycles. The van der Waals surface area contributed by atoms with E-state index in [0.717, 1.165) is 6.92 Å². The average Bonchev–Trinajstić information content (AvgIpc) is 2.11. The molecule has 0 heterocycles. The molecular formula is C8H15NO8S2. The number of carbonyl (C=O) groups excluding carboxylic acids is 2. The Bertz CT molecular complexity index is 549. The summed E-state index contributed by atoms with van der Waals surface area (Å²) >= 11 is 0. The average molecular weight is 317 g/mol. The Balaban J connectivity index is 4.78. The zero-order valence-corrected chi connectivity index (χ0v) is 11.6. The number of Topliss-reactive ketones (excluding diaryl/α,β-unsaturated/α-hetero) is 2. The number of rotatable bonds is 8. The van der Waals surface area contributed by atoms with Crippen molar-refractivity contribution in [3.8, 4) is 0 Å². The molecule has 11 heteroatoms. The first-order chi connectivity index (χ1) is 8.32. The first-order valence-electron chi connectivity index (χ1n) is 5.01. The minimum atomic E-state index is -4.46. The highest BCUT2D eigenvalue weighted by Crippen LogP contribution is 2.10. The van der Waals surface area contributed by atoms with E-state index in [1.165, 1.54) is 0 Å². The molecule has 0 saturated carbocycles. The predicted molar refractivity (Wildman–Crippen MR) is 64.6 cm³/mol. The van der Waals surface area contributed by atoms with Gasteiger partial charge in [-0.2, -0.15) is 16.8 Å². The molecule has 0 rings (SSSR count). The molecule has 4 N–H and O–H groups in total. The van der Waals surface area contributed by atoms with Gasteiger partial charge in [0.25, 0.3) is 20.2 Å². The Kier molecular flexibility index (Phi) is 6.22. The molecule has 9 nitrogen and oxygen atoms in total. The molecule has 0 unspecified atom stereocenters. The topological polar surface area (TPSA) is 169 Å². The van der Waals surface area contributed by atoms with Crippen molar-refractivity contribution in [3.05, 3.63) is 0 Å². The zero-order chi connectivity index (χ0) is 15.4. The maximum atomic E-state index is 11.5. The van der Waals surface area contributed by atoms with E-state index >= 15 is 0 Å². The largest absolute Gasteiger partial charge is 0.321 e. The van der Waals surface area contributed by atoms with E-state index in [-0.39, 0.29) is 0 Å². The van der Waals surface area contributed by atoms with E-state index in [2.05, 4.69) is 0 Å². The first kappa shape index (κ1) is 18.1. The van der Waals surface area contributed by atoms with Crippen molar-refractivity contribution in [2.45, 2.75) is 19.4 Å². The zero-order valence-electron chi connectivity index (χ0n) is 10.0. The molecule has 0 aromatic rings. The molecule has 0 amide bonds. The van der Waals surface area contributed by atoms with Crippen LogP contribution < -0.4 is 5.73 Å². The van der Waals surface area contributed by atoms with E-state index in [1.54, 1.807) is 0 Å². The molecule has 0 aliphatic carbocycles. The summed E-state index contributed by atoms with van der Waals surface area (Å²) in [6.07, 6.45) is -0.633. The van der Waals surface area contributed by atoms with Gasteiger partial charge in [-0.25, -0.2) is 0 Å². The fourth-order valence-electron chi connectivity index (χ4n) is 1.29. The van der Waals surface area contributed by atoms with Crippen molar-refractivity contribution < 1.29 is 35.5 Å². The van der Waals surface area contributed by atoms with E-state index in [1.807, 2.05) is 0 Å². The molecule has 2 atom stereocenters. The Labute approximate surface area is 110 Å².